The molecule has 2 unspecified atom stereocenters. The maximum atomic E-state index is 13.1. The summed E-state index contributed by atoms with van der Waals surface area (Å²) < 4.78 is 10.7. The maximum Gasteiger partial charge on any atom is 0.251 e. The number of aryl methyl sites for hydroxylation is 1. The van der Waals surface area contributed by atoms with Gasteiger partial charge in [-0.05, 0) is 42.2 Å². The van der Waals surface area contributed by atoms with E-state index in [1.54, 1.807) is 14.2 Å². The van der Waals surface area contributed by atoms with Gasteiger partial charge in [-0.15, -0.1) is 0 Å². The first-order valence-corrected chi connectivity index (χ1v) is 9.40. The number of ether oxygens (including phenoxy) is 2. The summed E-state index contributed by atoms with van der Waals surface area (Å²) in [7, 11) is 3.25. The summed E-state index contributed by atoms with van der Waals surface area (Å²) in [6, 6.07) is 13.9. The fourth-order valence-corrected chi connectivity index (χ4v) is 3.83. The number of carbonyl (C=O) groups is 1. The first-order chi connectivity index (χ1) is 13.6. The Bertz CT molecular complexity index is 912. The summed E-state index contributed by atoms with van der Waals surface area (Å²) in [5.74, 6) is 1.50. The SMILES string of the molecule is COc1ccc(C2CC3C(=O)N(Cc4ccccc4C)C=CN3N2)cc1OC. The highest BCUT2D eigenvalue weighted by Crippen LogP contribution is 2.35. The van der Waals surface area contributed by atoms with Crippen LogP contribution in [0.5, 0.6) is 11.5 Å². The normalized spacial score (nSPS) is 21.0. The molecule has 0 spiro atoms. The van der Waals surface area contributed by atoms with E-state index in [1.807, 2.05) is 52.6 Å². The van der Waals surface area contributed by atoms with Crippen molar-refractivity contribution in [3.63, 3.8) is 0 Å². The molecule has 28 heavy (non-hydrogen) atoms. The van der Waals surface area contributed by atoms with Gasteiger partial charge in [0.1, 0.15) is 6.04 Å². The molecule has 2 aromatic rings. The van der Waals surface area contributed by atoms with E-state index in [2.05, 4.69) is 24.5 Å². The highest BCUT2D eigenvalue weighted by atomic mass is 16.5. The topological polar surface area (TPSA) is 54.0 Å². The van der Waals surface area contributed by atoms with Gasteiger partial charge in [-0.25, -0.2) is 5.43 Å². The van der Waals surface area contributed by atoms with Crippen molar-refractivity contribution >= 4 is 5.91 Å². The summed E-state index contributed by atoms with van der Waals surface area (Å²) in [5.41, 5.74) is 6.85. The van der Waals surface area contributed by atoms with Crippen LogP contribution in [0.25, 0.3) is 0 Å². The molecule has 6 nitrogen and oxygen atoms in total. The number of rotatable bonds is 5. The summed E-state index contributed by atoms with van der Waals surface area (Å²) in [6.07, 6.45) is 4.50. The van der Waals surface area contributed by atoms with Crippen LogP contribution >= 0.6 is 0 Å². The molecule has 0 saturated carbocycles. The van der Waals surface area contributed by atoms with Crippen molar-refractivity contribution in [1.29, 1.82) is 0 Å². The van der Waals surface area contributed by atoms with Gasteiger partial charge in [-0.2, -0.15) is 0 Å². The monoisotopic (exact) mass is 379 g/mol. The smallest absolute Gasteiger partial charge is 0.251 e. The summed E-state index contributed by atoms with van der Waals surface area (Å²) in [6.45, 7) is 2.66. The van der Waals surface area contributed by atoms with Crippen molar-refractivity contribution in [1.82, 2.24) is 15.3 Å². The Kier molecular flexibility index (Phi) is 4.96. The number of amides is 1. The molecule has 4 rings (SSSR count). The minimum atomic E-state index is -0.216. The number of hydrogen-bond acceptors (Lipinski definition) is 5. The molecule has 2 aliphatic rings. The molecule has 1 saturated heterocycles. The van der Waals surface area contributed by atoms with E-state index >= 15 is 0 Å². The highest BCUT2D eigenvalue weighted by molar-refractivity contribution is 5.84. The Hall–Kier alpha value is -2.99. The Balaban J connectivity index is 1.50. The van der Waals surface area contributed by atoms with Crippen molar-refractivity contribution in [2.45, 2.75) is 32.0 Å². The predicted octanol–water partition coefficient (Wildman–Crippen LogP) is 3.15. The Morgan fingerprint density at radius 3 is 2.61 bits per heavy atom. The average Bonchev–Trinajstić information content (AvgIpc) is 3.16. The lowest BCUT2D eigenvalue weighted by molar-refractivity contribution is -0.134. The Morgan fingerprint density at radius 2 is 1.86 bits per heavy atom. The summed E-state index contributed by atoms with van der Waals surface area (Å²) in [5, 5.41) is 1.91. The summed E-state index contributed by atoms with van der Waals surface area (Å²) >= 11 is 0. The third-order valence-corrected chi connectivity index (χ3v) is 5.49. The molecule has 146 valence electrons. The zero-order valence-electron chi connectivity index (χ0n) is 16.4. The summed E-state index contributed by atoms with van der Waals surface area (Å²) in [4.78, 5) is 14.9. The number of methoxy groups -OCH3 is 2. The van der Waals surface area contributed by atoms with Crippen molar-refractivity contribution in [2.24, 2.45) is 0 Å². The molecule has 1 amide bonds. The van der Waals surface area contributed by atoms with E-state index in [4.69, 9.17) is 9.47 Å². The standard InChI is InChI=1S/C22H25N3O3/c1-15-6-4-5-7-17(15)14-24-10-11-25-19(22(24)26)13-18(23-25)16-8-9-20(27-2)21(12-16)28-3/h4-12,18-19,23H,13-14H2,1-3H3. The maximum absolute atomic E-state index is 13.1. The van der Waals surface area contributed by atoms with E-state index in [-0.39, 0.29) is 18.0 Å². The largest absolute Gasteiger partial charge is 0.493 e. The molecule has 0 aromatic heterocycles. The molecule has 2 heterocycles. The molecule has 0 radical (unpaired) electrons. The van der Waals surface area contributed by atoms with Gasteiger partial charge < -0.3 is 19.4 Å². The van der Waals surface area contributed by atoms with Gasteiger partial charge in [-0.3, -0.25) is 4.79 Å². The number of carbonyl (C=O) groups excluding carboxylic acids is 1. The molecule has 2 aromatic carbocycles. The van der Waals surface area contributed by atoms with Crippen LogP contribution in [0.15, 0.2) is 54.9 Å². The average molecular weight is 379 g/mol. The first kappa shape index (κ1) is 18.4. The minimum absolute atomic E-state index is 0.0387. The van der Waals surface area contributed by atoms with Crippen LogP contribution < -0.4 is 14.9 Å². The van der Waals surface area contributed by atoms with Gasteiger partial charge in [-0.1, -0.05) is 30.3 Å². The zero-order valence-corrected chi connectivity index (χ0v) is 16.4. The third-order valence-electron chi connectivity index (χ3n) is 5.49. The van der Waals surface area contributed by atoms with Crippen LogP contribution in [0, 0.1) is 6.92 Å². The van der Waals surface area contributed by atoms with Crippen molar-refractivity contribution < 1.29 is 14.3 Å². The first-order valence-electron chi connectivity index (χ1n) is 9.40. The number of hydrogen-bond donors (Lipinski definition) is 1. The van der Waals surface area contributed by atoms with Gasteiger partial charge in [0.15, 0.2) is 11.5 Å². The molecule has 0 bridgehead atoms. The molecule has 1 N–H and O–H groups in total. The second-order valence-electron chi connectivity index (χ2n) is 7.15. The number of nitrogens with zero attached hydrogens (tertiary/aromatic N) is 2. The molecular formula is C22H25N3O3. The van der Waals surface area contributed by atoms with E-state index in [0.717, 1.165) is 11.1 Å². The van der Waals surface area contributed by atoms with Gasteiger partial charge in [0.2, 0.25) is 0 Å². The van der Waals surface area contributed by atoms with Crippen molar-refractivity contribution in [3.05, 3.63) is 71.6 Å². The second kappa shape index (κ2) is 7.56. The number of fused-ring (bicyclic) bond motifs is 1. The van der Waals surface area contributed by atoms with E-state index in [1.165, 1.54) is 5.56 Å². The van der Waals surface area contributed by atoms with E-state index in [0.29, 0.717) is 24.5 Å². The number of benzene rings is 2. The van der Waals surface area contributed by atoms with Crippen LogP contribution in [-0.4, -0.2) is 36.1 Å². The molecule has 6 heteroatoms. The lowest BCUT2D eigenvalue weighted by Gasteiger charge is -2.32. The van der Waals surface area contributed by atoms with Crippen LogP contribution in [-0.2, 0) is 11.3 Å². The van der Waals surface area contributed by atoms with E-state index in [9.17, 15) is 4.79 Å². The van der Waals surface area contributed by atoms with Crippen molar-refractivity contribution in [2.75, 3.05) is 14.2 Å². The highest BCUT2D eigenvalue weighted by Gasteiger charge is 2.40. The van der Waals surface area contributed by atoms with Crippen LogP contribution in [0.2, 0.25) is 0 Å². The van der Waals surface area contributed by atoms with Crippen LogP contribution in [0.4, 0.5) is 0 Å². The predicted molar refractivity (Wildman–Crippen MR) is 107 cm³/mol. The molecule has 0 aliphatic carbocycles. The number of hydrazine groups is 1. The zero-order chi connectivity index (χ0) is 19.7. The fraction of sp³-hybridized carbons (Fsp3) is 0.318. The van der Waals surface area contributed by atoms with Crippen LogP contribution in [0.1, 0.15) is 29.2 Å². The molecule has 2 atom stereocenters. The molecule has 1 fully saturated rings. The van der Waals surface area contributed by atoms with Gasteiger partial charge in [0.05, 0.1) is 26.8 Å². The second-order valence-corrected chi connectivity index (χ2v) is 7.15. The van der Waals surface area contributed by atoms with Crippen LogP contribution in [0.3, 0.4) is 0 Å². The minimum Gasteiger partial charge on any atom is -0.493 e. The molecule has 2 aliphatic heterocycles. The van der Waals surface area contributed by atoms with E-state index < -0.39 is 0 Å². The molecular weight excluding hydrogens is 354 g/mol. The lowest BCUT2D eigenvalue weighted by Crippen LogP contribution is -2.47. The third kappa shape index (κ3) is 3.31. The quantitative estimate of drug-likeness (QED) is 0.865. The Morgan fingerprint density at radius 1 is 1.07 bits per heavy atom. The van der Waals surface area contributed by atoms with Gasteiger partial charge in [0, 0.05) is 12.4 Å². The Labute approximate surface area is 165 Å². The van der Waals surface area contributed by atoms with Crippen molar-refractivity contribution in [3.8, 4) is 11.5 Å². The van der Waals surface area contributed by atoms with Gasteiger partial charge in [0.25, 0.3) is 5.91 Å². The fourth-order valence-electron chi connectivity index (χ4n) is 3.83. The number of nitrogens with one attached hydrogen (secondary N) is 1. The lowest BCUT2D eigenvalue weighted by atomic mass is 10.00. The van der Waals surface area contributed by atoms with Gasteiger partial charge >= 0.3 is 0 Å².